The molecule has 0 aromatic carbocycles. The fourth-order valence-electron chi connectivity index (χ4n) is 2.09. The van der Waals surface area contributed by atoms with Crippen molar-refractivity contribution in [2.75, 3.05) is 0 Å². The molecule has 0 saturated carbocycles. The van der Waals surface area contributed by atoms with E-state index in [2.05, 4.69) is 10.3 Å². The van der Waals surface area contributed by atoms with E-state index in [0.29, 0.717) is 17.0 Å². The molecule has 0 saturated heterocycles. The van der Waals surface area contributed by atoms with Gasteiger partial charge in [-0.15, -0.1) is 0 Å². The van der Waals surface area contributed by atoms with Crippen LogP contribution in [0.2, 0.25) is 0 Å². The summed E-state index contributed by atoms with van der Waals surface area (Å²) in [4.78, 5) is 16.0. The third-order valence-corrected chi connectivity index (χ3v) is 3.04. The smallest absolute Gasteiger partial charge is 0.270 e. The number of amides is 1. The van der Waals surface area contributed by atoms with Crippen LogP contribution in [0.1, 0.15) is 29.8 Å². The molecule has 1 amide bonds. The van der Waals surface area contributed by atoms with Crippen molar-refractivity contribution in [3.05, 3.63) is 41.4 Å². The number of hydrogen-bond acceptors (Lipinski definition) is 4. The van der Waals surface area contributed by atoms with Gasteiger partial charge in [-0.2, -0.15) is 0 Å². The van der Waals surface area contributed by atoms with Crippen LogP contribution in [0.5, 0.6) is 0 Å². The lowest BCUT2D eigenvalue weighted by Gasteiger charge is -2.25. The van der Waals surface area contributed by atoms with Crippen LogP contribution in [0.15, 0.2) is 35.7 Å². The van der Waals surface area contributed by atoms with E-state index in [4.69, 9.17) is 11.1 Å². The molecular formula is C13H16N4O. The second-order valence-electron chi connectivity index (χ2n) is 4.26. The molecule has 1 unspecified atom stereocenters. The normalized spacial score (nSPS) is 19.4. The van der Waals surface area contributed by atoms with Crippen molar-refractivity contribution in [2.45, 2.75) is 25.3 Å². The van der Waals surface area contributed by atoms with E-state index in [9.17, 15) is 4.79 Å². The number of rotatable bonds is 3. The molecule has 4 N–H and O–H groups in total. The van der Waals surface area contributed by atoms with E-state index in [1.807, 2.05) is 0 Å². The van der Waals surface area contributed by atoms with E-state index in [1.54, 1.807) is 24.4 Å². The maximum atomic E-state index is 12.0. The number of pyridine rings is 1. The molecule has 1 aromatic rings. The summed E-state index contributed by atoms with van der Waals surface area (Å²) in [5.74, 6) is -0.227. The molecule has 5 heteroatoms. The topological polar surface area (TPSA) is 91.9 Å². The van der Waals surface area contributed by atoms with E-state index in [0.717, 1.165) is 19.3 Å². The van der Waals surface area contributed by atoms with Crippen molar-refractivity contribution >= 4 is 12.1 Å². The third-order valence-electron chi connectivity index (χ3n) is 3.04. The van der Waals surface area contributed by atoms with Crippen molar-refractivity contribution in [1.29, 1.82) is 5.41 Å². The molecule has 0 bridgehead atoms. The van der Waals surface area contributed by atoms with Crippen LogP contribution in [0, 0.1) is 5.41 Å². The molecule has 18 heavy (non-hydrogen) atoms. The summed E-state index contributed by atoms with van der Waals surface area (Å²) in [6.07, 6.45) is 5.34. The number of allylic oxidation sites excluding steroid dienone is 1. The summed E-state index contributed by atoms with van der Waals surface area (Å²) in [5, 5.41) is 10.3. The van der Waals surface area contributed by atoms with Crippen molar-refractivity contribution in [1.82, 2.24) is 10.3 Å². The zero-order chi connectivity index (χ0) is 13.0. The Morgan fingerprint density at radius 2 is 2.39 bits per heavy atom. The zero-order valence-corrected chi connectivity index (χ0v) is 10.0. The van der Waals surface area contributed by atoms with Gasteiger partial charge in [-0.3, -0.25) is 9.78 Å². The predicted octanol–water partition coefficient (Wildman–Crippen LogP) is 1.23. The van der Waals surface area contributed by atoms with Crippen LogP contribution in [-0.4, -0.2) is 23.1 Å². The van der Waals surface area contributed by atoms with Crippen LogP contribution in [0.4, 0.5) is 0 Å². The Balaban J connectivity index is 2.12. The Hall–Kier alpha value is -2.17. The number of nitrogens with zero attached hydrogens (tertiary/aromatic N) is 1. The van der Waals surface area contributed by atoms with E-state index in [1.165, 1.54) is 6.21 Å². The number of carbonyl (C=O) groups is 1. The predicted molar refractivity (Wildman–Crippen MR) is 69.3 cm³/mol. The highest BCUT2D eigenvalue weighted by atomic mass is 16.1. The molecule has 1 aliphatic carbocycles. The summed E-state index contributed by atoms with van der Waals surface area (Å²) < 4.78 is 0. The molecule has 1 aromatic heterocycles. The van der Waals surface area contributed by atoms with E-state index in [-0.39, 0.29) is 11.9 Å². The number of nitrogens with two attached hydrogens (primary N) is 1. The lowest BCUT2D eigenvalue weighted by Crippen LogP contribution is -2.39. The van der Waals surface area contributed by atoms with E-state index < -0.39 is 0 Å². The number of hydrogen-bond donors (Lipinski definition) is 3. The molecule has 94 valence electrons. The van der Waals surface area contributed by atoms with Crippen LogP contribution < -0.4 is 11.1 Å². The Labute approximate surface area is 106 Å². The first-order valence-corrected chi connectivity index (χ1v) is 5.93. The fourth-order valence-corrected chi connectivity index (χ4v) is 2.09. The van der Waals surface area contributed by atoms with Gasteiger partial charge in [0.1, 0.15) is 5.69 Å². The first-order valence-electron chi connectivity index (χ1n) is 5.93. The van der Waals surface area contributed by atoms with Crippen molar-refractivity contribution in [2.24, 2.45) is 5.73 Å². The van der Waals surface area contributed by atoms with Crippen molar-refractivity contribution < 1.29 is 4.79 Å². The maximum absolute atomic E-state index is 12.0. The minimum Gasteiger partial charge on any atom is -0.402 e. The van der Waals surface area contributed by atoms with Gasteiger partial charge in [0.05, 0.1) is 6.04 Å². The standard InChI is InChI=1S/C13H16N4O/c14-8-9-10(15)4-3-6-11(9)17-13(18)12-5-1-2-7-16-12/h1-2,5,7-8,11,14H,3-4,6,15H2,(H,17,18). The minimum absolute atomic E-state index is 0.175. The first-order chi connectivity index (χ1) is 8.72. The lowest BCUT2D eigenvalue weighted by molar-refractivity contribution is 0.0935. The highest BCUT2D eigenvalue weighted by Gasteiger charge is 2.22. The molecule has 1 atom stereocenters. The largest absolute Gasteiger partial charge is 0.402 e. The van der Waals surface area contributed by atoms with Crippen LogP contribution in [-0.2, 0) is 0 Å². The van der Waals surface area contributed by atoms with Gasteiger partial charge in [-0.05, 0) is 31.4 Å². The van der Waals surface area contributed by atoms with Crippen LogP contribution >= 0.6 is 0 Å². The summed E-state index contributed by atoms with van der Waals surface area (Å²) in [7, 11) is 0. The molecule has 0 fully saturated rings. The van der Waals surface area contributed by atoms with Gasteiger partial charge in [-0.1, -0.05) is 6.07 Å². The third kappa shape index (κ3) is 2.56. The Morgan fingerprint density at radius 1 is 1.56 bits per heavy atom. The van der Waals surface area contributed by atoms with Crippen molar-refractivity contribution in [3.8, 4) is 0 Å². The highest BCUT2D eigenvalue weighted by Crippen LogP contribution is 2.20. The fraction of sp³-hybridized carbons (Fsp3) is 0.308. The van der Waals surface area contributed by atoms with Gasteiger partial charge < -0.3 is 16.5 Å². The second-order valence-corrected chi connectivity index (χ2v) is 4.26. The average molecular weight is 244 g/mol. The molecule has 2 rings (SSSR count). The SMILES string of the molecule is N=CC1=C(N)CCCC1NC(=O)c1ccccn1. The van der Waals surface area contributed by atoms with Gasteiger partial charge in [0, 0.05) is 23.7 Å². The van der Waals surface area contributed by atoms with Crippen LogP contribution in [0.25, 0.3) is 0 Å². The van der Waals surface area contributed by atoms with Crippen molar-refractivity contribution in [3.63, 3.8) is 0 Å². The van der Waals surface area contributed by atoms with Gasteiger partial charge in [0.25, 0.3) is 5.91 Å². The molecule has 1 heterocycles. The van der Waals surface area contributed by atoms with Crippen LogP contribution in [0.3, 0.4) is 0 Å². The summed E-state index contributed by atoms with van der Waals surface area (Å²) >= 11 is 0. The molecule has 5 nitrogen and oxygen atoms in total. The number of nitrogens with one attached hydrogen (secondary N) is 2. The molecule has 1 aliphatic rings. The maximum Gasteiger partial charge on any atom is 0.270 e. The molecular weight excluding hydrogens is 228 g/mol. The Kier molecular flexibility index (Phi) is 3.72. The van der Waals surface area contributed by atoms with E-state index >= 15 is 0 Å². The molecule has 0 radical (unpaired) electrons. The summed E-state index contributed by atoms with van der Waals surface area (Å²) in [6.45, 7) is 0. The number of aromatic nitrogens is 1. The van der Waals surface area contributed by atoms with Gasteiger partial charge in [0.15, 0.2) is 0 Å². The Morgan fingerprint density at radius 3 is 3.06 bits per heavy atom. The monoisotopic (exact) mass is 244 g/mol. The minimum atomic E-state index is -0.227. The summed E-state index contributed by atoms with van der Waals surface area (Å²) in [6, 6.07) is 5.02. The van der Waals surface area contributed by atoms with Gasteiger partial charge >= 0.3 is 0 Å². The average Bonchev–Trinajstić information content (AvgIpc) is 2.40. The number of carbonyl (C=O) groups excluding carboxylic acids is 1. The zero-order valence-electron chi connectivity index (χ0n) is 10.0. The second kappa shape index (κ2) is 5.44. The van der Waals surface area contributed by atoms with Gasteiger partial charge in [0.2, 0.25) is 0 Å². The highest BCUT2D eigenvalue weighted by molar-refractivity contribution is 5.93. The molecule has 0 aliphatic heterocycles. The summed E-state index contributed by atoms with van der Waals surface area (Å²) in [5.41, 5.74) is 7.65. The molecule has 0 spiro atoms. The van der Waals surface area contributed by atoms with Gasteiger partial charge in [-0.25, -0.2) is 0 Å². The first kappa shape index (κ1) is 12.3. The quantitative estimate of drug-likeness (QED) is 0.698. The Bertz CT molecular complexity index is 481. The lowest BCUT2D eigenvalue weighted by atomic mass is 9.92.